The molecule has 1 aromatic carbocycles. The van der Waals surface area contributed by atoms with Crippen molar-refractivity contribution >= 4 is 0 Å². The van der Waals surface area contributed by atoms with Gasteiger partial charge in [0.1, 0.15) is 11.4 Å². The maximum Gasteiger partial charge on any atom is 0.141 e. The zero-order valence-electron chi connectivity index (χ0n) is 7.94. The monoisotopic (exact) mass is 185 g/mol. The van der Waals surface area contributed by atoms with Crippen LogP contribution < -0.4 is 0 Å². The van der Waals surface area contributed by atoms with Gasteiger partial charge in [-0.05, 0) is 19.1 Å². The quantitative estimate of drug-likeness (QED) is 0.741. The predicted molar refractivity (Wildman–Crippen MR) is 56.1 cm³/mol. The van der Waals surface area contributed by atoms with Gasteiger partial charge >= 0.3 is 0 Å². The lowest BCUT2D eigenvalue weighted by Gasteiger charge is -2.02. The molecule has 0 aliphatic heterocycles. The van der Waals surface area contributed by atoms with Gasteiger partial charge in [-0.25, -0.2) is 0 Å². The molecule has 0 fully saturated rings. The van der Waals surface area contributed by atoms with Gasteiger partial charge in [-0.2, -0.15) is 0 Å². The number of hydrogen-bond acceptors (Lipinski definition) is 2. The number of benzene rings is 1. The van der Waals surface area contributed by atoms with Crippen LogP contribution in [0.3, 0.4) is 0 Å². The lowest BCUT2D eigenvalue weighted by Crippen LogP contribution is -1.83. The van der Waals surface area contributed by atoms with Crippen molar-refractivity contribution in [3.8, 4) is 17.0 Å². The summed E-state index contributed by atoms with van der Waals surface area (Å²) in [6.45, 7) is 2.03. The number of rotatable bonds is 1. The number of aromatic nitrogens is 1. The SMILES string of the molecule is Cc1ccc(-c2ncccc2O)cc1. The molecule has 0 bridgehead atoms. The lowest BCUT2D eigenvalue weighted by molar-refractivity contribution is 0.475. The summed E-state index contributed by atoms with van der Waals surface area (Å²) in [5.74, 6) is 0.219. The van der Waals surface area contributed by atoms with Crippen LogP contribution in [0.2, 0.25) is 0 Å². The third kappa shape index (κ3) is 1.59. The van der Waals surface area contributed by atoms with Gasteiger partial charge in [0.25, 0.3) is 0 Å². The number of pyridine rings is 1. The Hall–Kier alpha value is -1.83. The number of aryl methyl sites for hydroxylation is 1. The maximum absolute atomic E-state index is 9.57. The van der Waals surface area contributed by atoms with E-state index in [1.807, 2.05) is 31.2 Å². The average molecular weight is 185 g/mol. The normalized spacial score (nSPS) is 10.1. The second-order valence-corrected chi connectivity index (χ2v) is 3.24. The summed E-state index contributed by atoms with van der Waals surface area (Å²) in [6, 6.07) is 11.3. The first kappa shape index (κ1) is 8.75. The summed E-state index contributed by atoms with van der Waals surface area (Å²) in [5, 5.41) is 9.57. The highest BCUT2D eigenvalue weighted by Gasteiger charge is 2.03. The van der Waals surface area contributed by atoms with E-state index in [0.717, 1.165) is 5.56 Å². The molecule has 1 N–H and O–H groups in total. The van der Waals surface area contributed by atoms with Crippen LogP contribution in [-0.2, 0) is 0 Å². The van der Waals surface area contributed by atoms with Crippen molar-refractivity contribution in [3.05, 3.63) is 48.2 Å². The highest BCUT2D eigenvalue weighted by atomic mass is 16.3. The summed E-state index contributed by atoms with van der Waals surface area (Å²) in [4.78, 5) is 4.13. The molecule has 0 amide bonds. The van der Waals surface area contributed by atoms with Gasteiger partial charge in [0.05, 0.1) is 0 Å². The predicted octanol–water partition coefficient (Wildman–Crippen LogP) is 2.76. The van der Waals surface area contributed by atoms with Crippen LogP contribution in [0.1, 0.15) is 5.56 Å². The molecule has 2 rings (SSSR count). The van der Waals surface area contributed by atoms with E-state index in [4.69, 9.17) is 0 Å². The van der Waals surface area contributed by atoms with Crippen molar-refractivity contribution in [2.45, 2.75) is 6.92 Å². The van der Waals surface area contributed by atoms with E-state index < -0.39 is 0 Å². The smallest absolute Gasteiger partial charge is 0.141 e. The van der Waals surface area contributed by atoms with E-state index in [-0.39, 0.29) is 5.75 Å². The third-order valence-corrected chi connectivity index (χ3v) is 2.11. The van der Waals surface area contributed by atoms with Crippen molar-refractivity contribution < 1.29 is 5.11 Å². The molecule has 0 aliphatic rings. The molecule has 70 valence electrons. The van der Waals surface area contributed by atoms with Crippen LogP contribution in [0.15, 0.2) is 42.6 Å². The lowest BCUT2D eigenvalue weighted by atomic mass is 10.1. The third-order valence-electron chi connectivity index (χ3n) is 2.11. The minimum Gasteiger partial charge on any atom is -0.506 e. The number of nitrogens with zero attached hydrogens (tertiary/aromatic N) is 1. The number of hydrogen-bond donors (Lipinski definition) is 1. The van der Waals surface area contributed by atoms with Crippen molar-refractivity contribution in [2.75, 3.05) is 0 Å². The Bertz CT molecular complexity index is 434. The van der Waals surface area contributed by atoms with Crippen LogP contribution in [0.5, 0.6) is 5.75 Å². The summed E-state index contributed by atoms with van der Waals surface area (Å²) >= 11 is 0. The Morgan fingerprint density at radius 2 is 1.79 bits per heavy atom. The van der Waals surface area contributed by atoms with Crippen molar-refractivity contribution in [1.82, 2.24) is 4.98 Å². The summed E-state index contributed by atoms with van der Waals surface area (Å²) in [5.41, 5.74) is 2.77. The van der Waals surface area contributed by atoms with E-state index in [0.29, 0.717) is 5.69 Å². The van der Waals surface area contributed by atoms with Gasteiger partial charge in [0.2, 0.25) is 0 Å². The van der Waals surface area contributed by atoms with Gasteiger partial charge in [-0.3, -0.25) is 4.98 Å². The molecular weight excluding hydrogens is 174 g/mol. The molecule has 2 aromatic rings. The molecule has 0 spiro atoms. The number of aromatic hydroxyl groups is 1. The van der Waals surface area contributed by atoms with Gasteiger partial charge in [-0.15, -0.1) is 0 Å². The van der Waals surface area contributed by atoms with Gasteiger partial charge in [0.15, 0.2) is 0 Å². The minimum absolute atomic E-state index is 0.219. The van der Waals surface area contributed by atoms with E-state index in [9.17, 15) is 5.11 Å². The van der Waals surface area contributed by atoms with Gasteiger partial charge < -0.3 is 5.11 Å². The van der Waals surface area contributed by atoms with E-state index >= 15 is 0 Å². The summed E-state index contributed by atoms with van der Waals surface area (Å²) in [7, 11) is 0. The molecule has 1 heterocycles. The van der Waals surface area contributed by atoms with E-state index in [2.05, 4.69) is 4.98 Å². The molecule has 0 saturated heterocycles. The Kier molecular flexibility index (Phi) is 2.19. The highest BCUT2D eigenvalue weighted by molar-refractivity contribution is 5.65. The first-order valence-electron chi connectivity index (χ1n) is 4.48. The molecule has 0 radical (unpaired) electrons. The van der Waals surface area contributed by atoms with Crippen molar-refractivity contribution in [1.29, 1.82) is 0 Å². The molecule has 2 nitrogen and oxygen atoms in total. The van der Waals surface area contributed by atoms with Crippen molar-refractivity contribution in [2.24, 2.45) is 0 Å². The molecule has 1 aromatic heterocycles. The van der Waals surface area contributed by atoms with Gasteiger partial charge in [-0.1, -0.05) is 29.8 Å². The topological polar surface area (TPSA) is 33.1 Å². The Morgan fingerprint density at radius 1 is 1.07 bits per heavy atom. The molecule has 0 atom stereocenters. The van der Waals surface area contributed by atoms with Crippen molar-refractivity contribution in [3.63, 3.8) is 0 Å². The second-order valence-electron chi connectivity index (χ2n) is 3.24. The highest BCUT2D eigenvalue weighted by Crippen LogP contribution is 2.25. The maximum atomic E-state index is 9.57. The summed E-state index contributed by atoms with van der Waals surface area (Å²) in [6.07, 6.45) is 1.68. The zero-order chi connectivity index (χ0) is 9.97. The van der Waals surface area contributed by atoms with Crippen LogP contribution >= 0.6 is 0 Å². The molecule has 2 heteroatoms. The average Bonchev–Trinajstić information content (AvgIpc) is 2.20. The molecule has 14 heavy (non-hydrogen) atoms. The molecule has 0 unspecified atom stereocenters. The van der Waals surface area contributed by atoms with Crippen LogP contribution in [0.25, 0.3) is 11.3 Å². The van der Waals surface area contributed by atoms with Crippen LogP contribution in [0.4, 0.5) is 0 Å². The Labute approximate surface area is 82.9 Å². The fraction of sp³-hybridized carbons (Fsp3) is 0.0833. The van der Waals surface area contributed by atoms with Crippen LogP contribution in [0, 0.1) is 6.92 Å². The largest absolute Gasteiger partial charge is 0.506 e. The van der Waals surface area contributed by atoms with E-state index in [1.165, 1.54) is 5.56 Å². The summed E-state index contributed by atoms with van der Waals surface area (Å²) < 4.78 is 0. The molecular formula is C12H11NO. The zero-order valence-corrected chi connectivity index (χ0v) is 7.94. The van der Waals surface area contributed by atoms with Crippen LogP contribution in [-0.4, -0.2) is 10.1 Å². The first-order chi connectivity index (χ1) is 6.77. The Morgan fingerprint density at radius 3 is 2.43 bits per heavy atom. The standard InChI is InChI=1S/C12H11NO/c1-9-4-6-10(7-5-9)12-11(14)3-2-8-13-12/h2-8,14H,1H3. The van der Waals surface area contributed by atoms with E-state index in [1.54, 1.807) is 18.3 Å². The molecule has 0 saturated carbocycles. The second kappa shape index (κ2) is 3.50. The Balaban J connectivity index is 2.50. The minimum atomic E-state index is 0.219. The first-order valence-corrected chi connectivity index (χ1v) is 4.48. The van der Waals surface area contributed by atoms with Gasteiger partial charge in [0, 0.05) is 11.8 Å². The molecule has 0 aliphatic carbocycles. The fourth-order valence-electron chi connectivity index (χ4n) is 1.33. The fourth-order valence-corrected chi connectivity index (χ4v) is 1.33.